The van der Waals surface area contributed by atoms with Crippen LogP contribution in [0.3, 0.4) is 0 Å². The zero-order valence-corrected chi connectivity index (χ0v) is 16.1. The number of nitrogens with zero attached hydrogens (tertiary/aromatic N) is 2. The molecule has 2 atom stereocenters. The molecule has 3 rings (SSSR count). The molecule has 0 bridgehead atoms. The molecule has 140 valence electrons. The van der Waals surface area contributed by atoms with Gasteiger partial charge >= 0.3 is 5.97 Å². The number of fused-ring (bicyclic) bond motifs is 1. The summed E-state index contributed by atoms with van der Waals surface area (Å²) < 4.78 is 24.0. The van der Waals surface area contributed by atoms with Gasteiger partial charge in [0.15, 0.2) is 15.0 Å². The van der Waals surface area contributed by atoms with Crippen LogP contribution >= 0.6 is 23.4 Å². The van der Waals surface area contributed by atoms with Gasteiger partial charge in [0.25, 0.3) is 0 Å². The maximum absolute atomic E-state index is 12.1. The Morgan fingerprint density at radius 2 is 2.08 bits per heavy atom. The number of carboxylic acids is 1. The van der Waals surface area contributed by atoms with Crippen LogP contribution in [-0.2, 0) is 19.4 Å². The summed E-state index contributed by atoms with van der Waals surface area (Å²) in [6.45, 7) is 0. The molecular formula is C16H17ClN2O5S2. The van der Waals surface area contributed by atoms with Crippen molar-refractivity contribution in [3.8, 4) is 0 Å². The third kappa shape index (κ3) is 4.39. The average molecular weight is 417 g/mol. The summed E-state index contributed by atoms with van der Waals surface area (Å²) in [5, 5.41) is 9.41. The van der Waals surface area contributed by atoms with Crippen molar-refractivity contribution in [3.63, 3.8) is 0 Å². The lowest BCUT2D eigenvalue weighted by Gasteiger charge is -2.24. The van der Waals surface area contributed by atoms with Gasteiger partial charge in [0.1, 0.15) is 0 Å². The lowest BCUT2D eigenvalue weighted by Crippen LogP contribution is -2.37. The molecule has 0 aromatic heterocycles. The zero-order chi connectivity index (χ0) is 18.9. The quantitative estimate of drug-likeness (QED) is 0.784. The van der Waals surface area contributed by atoms with Gasteiger partial charge in [0, 0.05) is 28.8 Å². The lowest BCUT2D eigenvalue weighted by atomic mass is 10.2. The Labute approximate surface area is 160 Å². The summed E-state index contributed by atoms with van der Waals surface area (Å²) in [5.74, 6) is -1.32. The Bertz CT molecular complexity index is 871. The standard InChI is InChI=1S/C16H17ClN2O5S2/c17-10-3-1-4-11(7-10)19-12-8-26(23,24)9-13(12)25-16(19)18-14(20)5-2-6-15(21)22/h1,3-4,7,12-13H,2,5-6,8-9H2,(H,21,22)/t12-,13+/m0/s1. The number of amides is 1. The molecule has 0 saturated carbocycles. The molecule has 0 aliphatic carbocycles. The van der Waals surface area contributed by atoms with Crippen LogP contribution in [0.1, 0.15) is 19.3 Å². The molecule has 26 heavy (non-hydrogen) atoms. The first-order valence-corrected chi connectivity index (χ1v) is 11.1. The molecule has 7 nitrogen and oxygen atoms in total. The molecule has 2 aliphatic heterocycles. The molecule has 1 aromatic carbocycles. The maximum atomic E-state index is 12.1. The molecule has 1 N–H and O–H groups in total. The second kappa shape index (κ2) is 7.58. The Morgan fingerprint density at radius 3 is 2.77 bits per heavy atom. The highest BCUT2D eigenvalue weighted by molar-refractivity contribution is 8.16. The van der Waals surface area contributed by atoms with Crippen LogP contribution in [-0.4, -0.2) is 53.4 Å². The summed E-state index contributed by atoms with van der Waals surface area (Å²) in [5.41, 5.74) is 0.687. The number of rotatable bonds is 5. The Balaban J connectivity index is 1.85. The lowest BCUT2D eigenvalue weighted by molar-refractivity contribution is -0.137. The van der Waals surface area contributed by atoms with Crippen molar-refractivity contribution in [2.45, 2.75) is 30.6 Å². The van der Waals surface area contributed by atoms with Gasteiger partial charge in [0.2, 0.25) is 5.91 Å². The van der Waals surface area contributed by atoms with Gasteiger partial charge in [-0.3, -0.25) is 9.59 Å². The molecule has 1 amide bonds. The number of sulfone groups is 1. The monoisotopic (exact) mass is 416 g/mol. The first-order valence-electron chi connectivity index (χ1n) is 8.00. The van der Waals surface area contributed by atoms with Gasteiger partial charge in [-0.1, -0.05) is 29.4 Å². The topological polar surface area (TPSA) is 104 Å². The number of benzene rings is 1. The second-order valence-electron chi connectivity index (χ2n) is 6.19. The highest BCUT2D eigenvalue weighted by Crippen LogP contribution is 2.41. The molecule has 1 aromatic rings. The molecule has 2 fully saturated rings. The zero-order valence-electron chi connectivity index (χ0n) is 13.7. The SMILES string of the molecule is O=C(O)CCCC(=O)N=C1S[C@@H]2CS(=O)(=O)C[C@@H]2N1c1cccc(Cl)c1. The highest BCUT2D eigenvalue weighted by Gasteiger charge is 2.49. The van der Waals surface area contributed by atoms with Crippen LogP contribution in [0, 0.1) is 0 Å². The number of amidine groups is 1. The van der Waals surface area contributed by atoms with Crippen LogP contribution in [0.2, 0.25) is 5.02 Å². The van der Waals surface area contributed by atoms with Crippen molar-refractivity contribution < 1.29 is 23.1 Å². The Hall–Kier alpha value is -1.58. The van der Waals surface area contributed by atoms with Crippen molar-refractivity contribution in [3.05, 3.63) is 29.3 Å². The van der Waals surface area contributed by atoms with Gasteiger partial charge in [-0.25, -0.2) is 8.42 Å². The fourth-order valence-electron chi connectivity index (χ4n) is 3.05. The number of thioether (sulfide) groups is 1. The molecule has 2 saturated heterocycles. The van der Waals surface area contributed by atoms with E-state index in [1.807, 2.05) is 0 Å². The number of carbonyl (C=O) groups excluding carboxylic acids is 1. The molecule has 10 heteroatoms. The van der Waals surface area contributed by atoms with E-state index >= 15 is 0 Å². The Morgan fingerprint density at radius 1 is 1.31 bits per heavy atom. The summed E-state index contributed by atoms with van der Waals surface area (Å²) in [4.78, 5) is 28.6. The number of anilines is 1. The van der Waals surface area contributed by atoms with Gasteiger partial charge in [-0.2, -0.15) is 4.99 Å². The predicted octanol–water partition coefficient (Wildman–Crippen LogP) is 2.20. The van der Waals surface area contributed by atoms with Gasteiger partial charge < -0.3 is 10.0 Å². The smallest absolute Gasteiger partial charge is 0.303 e. The maximum Gasteiger partial charge on any atom is 0.303 e. The summed E-state index contributed by atoms with van der Waals surface area (Å²) in [6, 6.07) is 6.68. The van der Waals surface area contributed by atoms with Gasteiger partial charge in [-0.05, 0) is 24.6 Å². The predicted molar refractivity (Wildman–Crippen MR) is 102 cm³/mol. The molecule has 2 aliphatic rings. The van der Waals surface area contributed by atoms with E-state index in [1.54, 1.807) is 29.2 Å². The van der Waals surface area contributed by atoms with Crippen LogP contribution in [0.4, 0.5) is 5.69 Å². The molecule has 0 unspecified atom stereocenters. The third-order valence-corrected chi connectivity index (χ3v) is 7.60. The first-order chi connectivity index (χ1) is 12.2. The number of aliphatic carboxylic acids is 1. The normalized spacial score (nSPS) is 25.4. The van der Waals surface area contributed by atoms with Crippen molar-refractivity contribution >= 4 is 55.9 Å². The Kier molecular flexibility index (Phi) is 5.59. The van der Waals surface area contributed by atoms with Crippen LogP contribution in [0.15, 0.2) is 29.3 Å². The second-order valence-corrected chi connectivity index (χ2v) is 9.98. The van der Waals surface area contributed by atoms with E-state index in [-0.39, 0.29) is 42.1 Å². The molecular weight excluding hydrogens is 400 g/mol. The van der Waals surface area contributed by atoms with E-state index in [0.29, 0.717) is 15.9 Å². The molecule has 0 radical (unpaired) electrons. The van der Waals surface area contributed by atoms with Crippen LogP contribution in [0.25, 0.3) is 0 Å². The average Bonchev–Trinajstić information content (AvgIpc) is 2.97. The first kappa shape index (κ1) is 19.2. The minimum absolute atomic E-state index is 0.00338. The fourth-order valence-corrected chi connectivity index (χ4v) is 7.16. The summed E-state index contributed by atoms with van der Waals surface area (Å²) in [7, 11) is -3.13. The minimum Gasteiger partial charge on any atom is -0.481 e. The number of hydrogen-bond donors (Lipinski definition) is 1. The number of carboxylic acid groups (broad SMARTS) is 1. The number of halogens is 1. The summed E-state index contributed by atoms with van der Waals surface area (Å²) in [6.07, 6.45) is 0.159. The van der Waals surface area contributed by atoms with E-state index in [0.717, 1.165) is 0 Å². The number of aliphatic imine (C=N–C) groups is 1. The van der Waals surface area contributed by atoms with Crippen molar-refractivity contribution in [2.75, 3.05) is 16.4 Å². The number of carbonyl (C=O) groups is 2. The van der Waals surface area contributed by atoms with Crippen molar-refractivity contribution in [1.82, 2.24) is 0 Å². The largest absolute Gasteiger partial charge is 0.481 e. The summed E-state index contributed by atoms with van der Waals surface area (Å²) >= 11 is 7.34. The third-order valence-electron chi connectivity index (χ3n) is 4.15. The molecule has 0 spiro atoms. The van der Waals surface area contributed by atoms with Crippen molar-refractivity contribution in [2.24, 2.45) is 4.99 Å². The van der Waals surface area contributed by atoms with Crippen molar-refractivity contribution in [1.29, 1.82) is 0 Å². The van der Waals surface area contributed by atoms with E-state index in [2.05, 4.69) is 4.99 Å². The van der Waals surface area contributed by atoms with Crippen LogP contribution in [0.5, 0.6) is 0 Å². The number of hydrogen-bond acceptors (Lipinski definition) is 5. The van der Waals surface area contributed by atoms with Gasteiger partial charge in [-0.15, -0.1) is 0 Å². The van der Waals surface area contributed by atoms with Gasteiger partial charge in [0.05, 0.1) is 17.5 Å². The van der Waals surface area contributed by atoms with E-state index in [1.165, 1.54) is 11.8 Å². The van der Waals surface area contributed by atoms with E-state index in [4.69, 9.17) is 16.7 Å². The fraction of sp³-hybridized carbons (Fsp3) is 0.438. The van der Waals surface area contributed by atoms with E-state index < -0.39 is 21.7 Å². The van der Waals surface area contributed by atoms with Crippen LogP contribution < -0.4 is 4.90 Å². The molecule has 2 heterocycles. The highest BCUT2D eigenvalue weighted by atomic mass is 35.5. The van der Waals surface area contributed by atoms with E-state index in [9.17, 15) is 18.0 Å². The minimum atomic E-state index is -3.13.